The summed E-state index contributed by atoms with van der Waals surface area (Å²) in [7, 11) is 0. The quantitative estimate of drug-likeness (QED) is 0.813. The lowest BCUT2D eigenvalue weighted by molar-refractivity contribution is 0.259. The van der Waals surface area contributed by atoms with E-state index in [0.717, 1.165) is 18.0 Å². The Morgan fingerprint density at radius 1 is 1.53 bits per heavy atom. The van der Waals surface area contributed by atoms with Crippen LogP contribution in [-0.4, -0.2) is 29.2 Å². The summed E-state index contributed by atoms with van der Waals surface area (Å²) >= 11 is 1.76. The summed E-state index contributed by atoms with van der Waals surface area (Å²) in [5, 5.41) is 10.7. The first-order valence-electron chi connectivity index (χ1n) is 6.10. The smallest absolute Gasteiger partial charge is 0.104 e. The predicted octanol–water partition coefficient (Wildman–Crippen LogP) is 2.32. The standard InChI is InChI=1S/C14H19NOS/c1-11-6-12(2)15(8-11)9-14-7-13(10-17-14)4-3-5-16/h7,10-12,16H,5-6,8-9H2,1-2H3. The van der Waals surface area contributed by atoms with Gasteiger partial charge in [-0.1, -0.05) is 18.8 Å². The Hall–Kier alpha value is -0.820. The fourth-order valence-corrected chi connectivity index (χ4v) is 3.32. The molecule has 0 bridgehead atoms. The minimum Gasteiger partial charge on any atom is -0.384 e. The molecule has 2 atom stereocenters. The highest BCUT2D eigenvalue weighted by Gasteiger charge is 2.25. The van der Waals surface area contributed by atoms with Crippen LogP contribution in [0.3, 0.4) is 0 Å². The Kier molecular flexibility index (Phi) is 4.22. The van der Waals surface area contributed by atoms with E-state index in [1.807, 2.05) is 0 Å². The first-order chi connectivity index (χ1) is 8.19. The van der Waals surface area contributed by atoms with Crippen LogP contribution in [0.1, 0.15) is 30.7 Å². The zero-order valence-corrected chi connectivity index (χ0v) is 11.3. The van der Waals surface area contributed by atoms with Crippen LogP contribution in [-0.2, 0) is 6.54 Å². The average Bonchev–Trinajstić information content (AvgIpc) is 2.84. The summed E-state index contributed by atoms with van der Waals surface area (Å²) in [5.41, 5.74) is 1.03. The Labute approximate surface area is 107 Å². The van der Waals surface area contributed by atoms with Crippen molar-refractivity contribution in [1.82, 2.24) is 4.90 Å². The zero-order valence-electron chi connectivity index (χ0n) is 10.4. The Balaban J connectivity index is 1.97. The van der Waals surface area contributed by atoms with Crippen LogP contribution in [0.2, 0.25) is 0 Å². The van der Waals surface area contributed by atoms with Crippen LogP contribution in [0.4, 0.5) is 0 Å². The Morgan fingerprint density at radius 2 is 2.35 bits per heavy atom. The molecule has 3 heteroatoms. The molecule has 0 aliphatic carbocycles. The molecule has 2 unspecified atom stereocenters. The molecule has 17 heavy (non-hydrogen) atoms. The lowest BCUT2D eigenvalue weighted by Crippen LogP contribution is -2.26. The van der Waals surface area contributed by atoms with Gasteiger partial charge in [0, 0.05) is 35.0 Å². The van der Waals surface area contributed by atoms with Crippen molar-refractivity contribution in [3.8, 4) is 11.8 Å². The van der Waals surface area contributed by atoms with E-state index in [1.165, 1.54) is 17.8 Å². The van der Waals surface area contributed by atoms with Crippen molar-refractivity contribution in [3.05, 3.63) is 21.9 Å². The third kappa shape index (κ3) is 3.32. The lowest BCUT2D eigenvalue weighted by Gasteiger charge is -2.19. The van der Waals surface area contributed by atoms with E-state index in [1.54, 1.807) is 11.3 Å². The minimum atomic E-state index is -0.0636. The molecular weight excluding hydrogens is 230 g/mol. The van der Waals surface area contributed by atoms with Gasteiger partial charge in [0.05, 0.1) is 0 Å². The second kappa shape index (κ2) is 5.68. The van der Waals surface area contributed by atoms with Gasteiger partial charge >= 0.3 is 0 Å². The number of nitrogens with zero attached hydrogens (tertiary/aromatic N) is 1. The molecule has 1 aliphatic heterocycles. The maximum Gasteiger partial charge on any atom is 0.104 e. The van der Waals surface area contributed by atoms with E-state index in [0.29, 0.717) is 6.04 Å². The normalized spacial score (nSPS) is 24.6. The summed E-state index contributed by atoms with van der Waals surface area (Å²) in [6.45, 7) is 6.81. The molecule has 0 amide bonds. The number of likely N-dealkylation sites (tertiary alicyclic amines) is 1. The molecule has 1 aromatic heterocycles. The Bertz CT molecular complexity index is 429. The van der Waals surface area contributed by atoms with Crippen LogP contribution in [0, 0.1) is 17.8 Å². The van der Waals surface area contributed by atoms with Gasteiger partial charge in [0.2, 0.25) is 0 Å². The highest BCUT2D eigenvalue weighted by molar-refractivity contribution is 7.10. The van der Waals surface area contributed by atoms with E-state index in [-0.39, 0.29) is 6.61 Å². The summed E-state index contributed by atoms with van der Waals surface area (Å²) in [6.07, 6.45) is 1.31. The van der Waals surface area contributed by atoms with Gasteiger partial charge in [0.25, 0.3) is 0 Å². The molecule has 2 rings (SSSR count). The maximum absolute atomic E-state index is 8.65. The topological polar surface area (TPSA) is 23.5 Å². The number of aliphatic hydroxyl groups is 1. The SMILES string of the molecule is CC1CC(C)N(Cc2cc(C#CCO)cs2)C1. The molecule has 1 aromatic rings. The molecule has 0 aromatic carbocycles. The van der Waals surface area contributed by atoms with Gasteiger partial charge in [0.1, 0.15) is 6.61 Å². The van der Waals surface area contributed by atoms with Crippen LogP contribution >= 0.6 is 11.3 Å². The summed E-state index contributed by atoms with van der Waals surface area (Å²) < 4.78 is 0. The van der Waals surface area contributed by atoms with Crippen LogP contribution in [0.5, 0.6) is 0 Å². The molecule has 0 radical (unpaired) electrons. The fourth-order valence-electron chi connectivity index (χ4n) is 2.48. The van der Waals surface area contributed by atoms with E-state index in [9.17, 15) is 0 Å². The van der Waals surface area contributed by atoms with Gasteiger partial charge in [-0.25, -0.2) is 0 Å². The molecule has 2 heterocycles. The molecular formula is C14H19NOS. The van der Waals surface area contributed by atoms with Gasteiger partial charge in [-0.3, -0.25) is 4.90 Å². The highest BCUT2D eigenvalue weighted by Crippen LogP contribution is 2.26. The van der Waals surface area contributed by atoms with E-state index in [4.69, 9.17) is 5.11 Å². The van der Waals surface area contributed by atoms with Crippen molar-refractivity contribution >= 4 is 11.3 Å². The molecule has 1 fully saturated rings. The van der Waals surface area contributed by atoms with E-state index < -0.39 is 0 Å². The van der Waals surface area contributed by atoms with Crippen molar-refractivity contribution in [2.24, 2.45) is 5.92 Å². The maximum atomic E-state index is 8.65. The minimum absolute atomic E-state index is 0.0636. The van der Waals surface area contributed by atoms with Crippen LogP contribution in [0.25, 0.3) is 0 Å². The van der Waals surface area contributed by atoms with Gasteiger partial charge in [-0.15, -0.1) is 11.3 Å². The van der Waals surface area contributed by atoms with Gasteiger partial charge < -0.3 is 5.11 Å². The van der Waals surface area contributed by atoms with Gasteiger partial charge in [-0.2, -0.15) is 0 Å². The number of rotatable bonds is 2. The van der Waals surface area contributed by atoms with Crippen LogP contribution < -0.4 is 0 Å². The summed E-state index contributed by atoms with van der Waals surface area (Å²) in [5.74, 6) is 6.46. The number of thiophene rings is 1. The molecule has 0 spiro atoms. The first kappa shape index (κ1) is 12.6. The summed E-state index contributed by atoms with van der Waals surface area (Å²) in [6, 6.07) is 2.84. The van der Waals surface area contributed by atoms with Crippen molar-refractivity contribution in [2.75, 3.05) is 13.2 Å². The van der Waals surface area contributed by atoms with Crippen molar-refractivity contribution in [2.45, 2.75) is 32.9 Å². The largest absolute Gasteiger partial charge is 0.384 e. The number of hydrogen-bond donors (Lipinski definition) is 1. The number of aliphatic hydroxyl groups excluding tert-OH is 1. The molecule has 1 N–H and O–H groups in total. The number of hydrogen-bond acceptors (Lipinski definition) is 3. The molecule has 2 nitrogen and oxygen atoms in total. The van der Waals surface area contributed by atoms with Crippen molar-refractivity contribution in [1.29, 1.82) is 0 Å². The average molecular weight is 249 g/mol. The molecule has 0 saturated carbocycles. The second-order valence-electron chi connectivity index (χ2n) is 4.88. The van der Waals surface area contributed by atoms with Gasteiger partial charge in [0.15, 0.2) is 0 Å². The van der Waals surface area contributed by atoms with Crippen molar-refractivity contribution < 1.29 is 5.11 Å². The highest BCUT2D eigenvalue weighted by atomic mass is 32.1. The van der Waals surface area contributed by atoms with Crippen LogP contribution in [0.15, 0.2) is 11.4 Å². The monoisotopic (exact) mass is 249 g/mol. The molecule has 1 aliphatic rings. The Morgan fingerprint density at radius 3 is 3.00 bits per heavy atom. The molecule has 1 saturated heterocycles. The fraction of sp³-hybridized carbons (Fsp3) is 0.571. The van der Waals surface area contributed by atoms with E-state index in [2.05, 4.69) is 42.0 Å². The lowest BCUT2D eigenvalue weighted by atomic mass is 10.1. The predicted molar refractivity (Wildman–Crippen MR) is 71.9 cm³/mol. The molecule has 92 valence electrons. The third-order valence-corrected chi connectivity index (χ3v) is 4.16. The zero-order chi connectivity index (χ0) is 12.3. The third-order valence-electron chi connectivity index (χ3n) is 3.24. The first-order valence-corrected chi connectivity index (χ1v) is 6.98. The van der Waals surface area contributed by atoms with Gasteiger partial charge in [-0.05, 0) is 25.3 Å². The van der Waals surface area contributed by atoms with E-state index >= 15 is 0 Å². The van der Waals surface area contributed by atoms with Crippen molar-refractivity contribution in [3.63, 3.8) is 0 Å². The summed E-state index contributed by atoms with van der Waals surface area (Å²) in [4.78, 5) is 3.91. The second-order valence-corrected chi connectivity index (χ2v) is 5.88.